The molecule has 0 bridgehead atoms. The molecule has 7 nitrogen and oxygen atoms in total. The molecule has 0 aliphatic carbocycles. The van der Waals surface area contributed by atoms with Crippen LogP contribution in [0.3, 0.4) is 0 Å². The number of anilines is 1. The zero-order valence-electron chi connectivity index (χ0n) is 14.6. The number of aryl methyl sites for hydroxylation is 1. The Morgan fingerprint density at radius 1 is 1.29 bits per heavy atom. The predicted octanol–water partition coefficient (Wildman–Crippen LogP) is 2.86. The molecule has 7 heteroatoms. The lowest BCUT2D eigenvalue weighted by Crippen LogP contribution is -2.36. The molecule has 126 valence electrons. The Bertz CT molecular complexity index is 776. The maximum absolute atomic E-state index is 9.52. The second-order valence-electron chi connectivity index (χ2n) is 6.65. The molecule has 2 aromatic rings. The average Bonchev–Trinajstić information content (AvgIpc) is 3.07. The second-order valence-corrected chi connectivity index (χ2v) is 6.65. The summed E-state index contributed by atoms with van der Waals surface area (Å²) in [6.45, 7) is 9.45. The summed E-state index contributed by atoms with van der Waals surface area (Å²) in [6, 6.07) is 2.28. The summed E-state index contributed by atoms with van der Waals surface area (Å²) in [5, 5.41) is 22.1. The van der Waals surface area contributed by atoms with E-state index in [0.29, 0.717) is 17.3 Å². The van der Waals surface area contributed by atoms with Gasteiger partial charge in [-0.25, -0.2) is 0 Å². The monoisotopic (exact) mass is 326 g/mol. The van der Waals surface area contributed by atoms with E-state index in [1.165, 1.54) is 0 Å². The molecule has 1 saturated heterocycles. The Balaban J connectivity index is 1.86. The van der Waals surface area contributed by atoms with Gasteiger partial charge in [0, 0.05) is 24.9 Å². The third-order valence-corrected chi connectivity index (χ3v) is 4.59. The summed E-state index contributed by atoms with van der Waals surface area (Å²) in [6.07, 6.45) is 2.00. The fraction of sp³-hybridized carbons (Fsp3) is 0.588. The Labute approximate surface area is 141 Å². The van der Waals surface area contributed by atoms with E-state index in [2.05, 4.69) is 31.3 Å². The van der Waals surface area contributed by atoms with E-state index in [4.69, 9.17) is 4.52 Å². The lowest BCUT2D eigenvalue weighted by Gasteiger charge is -2.32. The minimum Gasteiger partial charge on any atom is -0.353 e. The van der Waals surface area contributed by atoms with Crippen LogP contribution in [0.4, 0.5) is 5.82 Å². The summed E-state index contributed by atoms with van der Waals surface area (Å²) in [5.41, 5.74) is 2.30. The maximum Gasteiger partial charge on any atom is 0.229 e. The highest BCUT2D eigenvalue weighted by atomic mass is 16.5. The highest BCUT2D eigenvalue weighted by Gasteiger charge is 2.28. The molecule has 3 rings (SSSR count). The van der Waals surface area contributed by atoms with Crippen LogP contribution in [-0.4, -0.2) is 33.4 Å². The maximum atomic E-state index is 9.52. The summed E-state index contributed by atoms with van der Waals surface area (Å²) < 4.78 is 5.34. The Kier molecular flexibility index (Phi) is 4.47. The van der Waals surface area contributed by atoms with E-state index in [1.54, 1.807) is 0 Å². The van der Waals surface area contributed by atoms with Gasteiger partial charge in [-0.1, -0.05) is 19.0 Å². The van der Waals surface area contributed by atoms with Crippen LogP contribution in [-0.2, 0) is 0 Å². The predicted molar refractivity (Wildman–Crippen MR) is 88.8 cm³/mol. The van der Waals surface area contributed by atoms with Crippen molar-refractivity contribution in [3.05, 3.63) is 28.5 Å². The van der Waals surface area contributed by atoms with Crippen LogP contribution in [0.1, 0.15) is 67.1 Å². The molecule has 1 fully saturated rings. The van der Waals surface area contributed by atoms with Gasteiger partial charge in [0.15, 0.2) is 11.6 Å². The average molecular weight is 326 g/mol. The van der Waals surface area contributed by atoms with Gasteiger partial charge in [0.05, 0.1) is 5.69 Å². The van der Waals surface area contributed by atoms with Crippen LogP contribution < -0.4 is 4.90 Å². The van der Waals surface area contributed by atoms with Gasteiger partial charge in [-0.2, -0.15) is 15.3 Å². The van der Waals surface area contributed by atoms with E-state index in [-0.39, 0.29) is 11.8 Å². The largest absolute Gasteiger partial charge is 0.353 e. The van der Waals surface area contributed by atoms with E-state index in [0.717, 1.165) is 43.0 Å². The number of nitriles is 1. The number of hydrogen-bond acceptors (Lipinski definition) is 7. The molecule has 0 unspecified atom stereocenters. The molecule has 0 spiro atoms. The van der Waals surface area contributed by atoms with Crippen molar-refractivity contribution in [1.29, 1.82) is 5.26 Å². The van der Waals surface area contributed by atoms with Crippen molar-refractivity contribution < 1.29 is 4.52 Å². The van der Waals surface area contributed by atoms with Gasteiger partial charge < -0.3 is 9.42 Å². The Morgan fingerprint density at radius 3 is 2.75 bits per heavy atom. The lowest BCUT2D eigenvalue weighted by atomic mass is 9.96. The molecule has 1 aliphatic rings. The van der Waals surface area contributed by atoms with E-state index >= 15 is 0 Å². The minimum absolute atomic E-state index is 0.185. The number of hydrogen-bond donors (Lipinski definition) is 0. The molecule has 0 aromatic carbocycles. The van der Waals surface area contributed by atoms with Gasteiger partial charge >= 0.3 is 0 Å². The van der Waals surface area contributed by atoms with Crippen molar-refractivity contribution in [2.45, 2.75) is 52.4 Å². The normalized spacial score (nSPS) is 18.0. The minimum atomic E-state index is 0.185. The zero-order valence-corrected chi connectivity index (χ0v) is 14.6. The van der Waals surface area contributed by atoms with Crippen molar-refractivity contribution in [1.82, 2.24) is 20.3 Å². The molecular weight excluding hydrogens is 304 g/mol. The van der Waals surface area contributed by atoms with E-state index in [9.17, 15) is 5.26 Å². The van der Waals surface area contributed by atoms with Crippen LogP contribution in [0.5, 0.6) is 0 Å². The topological polar surface area (TPSA) is 91.7 Å². The van der Waals surface area contributed by atoms with Gasteiger partial charge in [-0.05, 0) is 32.3 Å². The molecule has 2 aromatic heterocycles. The molecule has 24 heavy (non-hydrogen) atoms. The first-order valence-electron chi connectivity index (χ1n) is 8.33. The first-order valence-corrected chi connectivity index (χ1v) is 8.33. The van der Waals surface area contributed by atoms with Crippen LogP contribution in [0.15, 0.2) is 4.52 Å². The second kappa shape index (κ2) is 6.56. The van der Waals surface area contributed by atoms with E-state index in [1.807, 2.05) is 27.7 Å². The highest BCUT2D eigenvalue weighted by Crippen LogP contribution is 2.30. The van der Waals surface area contributed by atoms with Crippen LogP contribution in [0.2, 0.25) is 0 Å². The number of aromatic nitrogens is 4. The standard InChI is InChI=1S/C17H22N6O/c1-10(2)17-19-15(22-24-17)13-6-5-7-23(9-13)16-14(8-18)11(3)12(4)20-21-16/h10,13H,5-7,9H2,1-4H3/t13-/m1/s1. The van der Waals surface area contributed by atoms with Crippen molar-refractivity contribution in [2.75, 3.05) is 18.0 Å². The molecular formula is C17H22N6O. The van der Waals surface area contributed by atoms with E-state index < -0.39 is 0 Å². The first kappa shape index (κ1) is 16.4. The fourth-order valence-electron chi connectivity index (χ4n) is 2.98. The van der Waals surface area contributed by atoms with Crippen molar-refractivity contribution in [2.24, 2.45) is 0 Å². The Morgan fingerprint density at radius 2 is 2.08 bits per heavy atom. The summed E-state index contributed by atoms with van der Waals surface area (Å²) in [5.74, 6) is 2.49. The van der Waals surface area contributed by atoms with Crippen LogP contribution in [0.25, 0.3) is 0 Å². The number of rotatable bonds is 3. The highest BCUT2D eigenvalue weighted by molar-refractivity contribution is 5.57. The third kappa shape index (κ3) is 2.96. The fourth-order valence-corrected chi connectivity index (χ4v) is 2.98. The van der Waals surface area contributed by atoms with Crippen LogP contribution in [0, 0.1) is 25.2 Å². The number of nitrogens with zero attached hydrogens (tertiary/aromatic N) is 6. The smallest absolute Gasteiger partial charge is 0.229 e. The SMILES string of the molecule is Cc1nnc(N2CCC[C@@H](c3noc(C(C)C)n3)C2)c(C#N)c1C. The van der Waals surface area contributed by atoms with Crippen LogP contribution >= 0.6 is 0 Å². The van der Waals surface area contributed by atoms with Gasteiger partial charge in [-0.15, -0.1) is 5.10 Å². The Hall–Kier alpha value is -2.49. The molecule has 1 aliphatic heterocycles. The number of piperidine rings is 1. The quantitative estimate of drug-likeness (QED) is 0.856. The summed E-state index contributed by atoms with van der Waals surface area (Å²) in [7, 11) is 0. The van der Waals surface area contributed by atoms with Gasteiger partial charge in [0.2, 0.25) is 5.89 Å². The lowest BCUT2D eigenvalue weighted by molar-refractivity contribution is 0.354. The molecule has 0 N–H and O–H groups in total. The summed E-state index contributed by atoms with van der Waals surface area (Å²) in [4.78, 5) is 6.65. The van der Waals surface area contributed by atoms with Crippen molar-refractivity contribution >= 4 is 5.82 Å². The first-order chi connectivity index (χ1) is 11.5. The molecule has 3 heterocycles. The zero-order chi connectivity index (χ0) is 17.3. The van der Waals surface area contributed by atoms with Gasteiger partial charge in [-0.3, -0.25) is 0 Å². The van der Waals surface area contributed by atoms with Crippen molar-refractivity contribution in [3.63, 3.8) is 0 Å². The molecule has 1 atom stereocenters. The van der Waals surface area contributed by atoms with Gasteiger partial charge in [0.1, 0.15) is 11.6 Å². The van der Waals surface area contributed by atoms with Gasteiger partial charge in [0.25, 0.3) is 0 Å². The third-order valence-electron chi connectivity index (χ3n) is 4.59. The molecule has 0 amide bonds. The van der Waals surface area contributed by atoms with Crippen molar-refractivity contribution in [3.8, 4) is 6.07 Å². The molecule has 0 saturated carbocycles. The summed E-state index contributed by atoms with van der Waals surface area (Å²) >= 11 is 0. The molecule has 0 radical (unpaired) electrons.